The van der Waals surface area contributed by atoms with Gasteiger partial charge in [-0.25, -0.2) is 4.98 Å². The summed E-state index contributed by atoms with van der Waals surface area (Å²) >= 11 is 0. The quantitative estimate of drug-likeness (QED) is 0.649. The molecule has 0 aliphatic carbocycles. The summed E-state index contributed by atoms with van der Waals surface area (Å²) in [6.45, 7) is 3.01. The molecule has 1 heterocycles. The van der Waals surface area contributed by atoms with Crippen LogP contribution in [0.1, 0.15) is 12.0 Å². The number of rotatable bonds is 8. The molecule has 0 saturated carbocycles. The van der Waals surface area contributed by atoms with E-state index in [1.165, 1.54) is 11.1 Å². The molecule has 0 bridgehead atoms. The molecule has 3 aromatic rings. The van der Waals surface area contributed by atoms with E-state index < -0.39 is 0 Å². The molecule has 0 amide bonds. The standard InChI is InChI=1S/C19H23N3O/c1-23-17-9-7-16(8-10-17)11-13-20-12-4-14-22-15-21-18-5-2-3-6-19(18)22/h2-3,5-10,15,20H,4,11-14H2,1H3. The predicted molar refractivity (Wildman–Crippen MR) is 93.9 cm³/mol. The maximum atomic E-state index is 5.17. The molecular formula is C19H23N3O. The molecule has 3 rings (SSSR count). The third kappa shape index (κ3) is 4.11. The van der Waals surface area contributed by atoms with Crippen molar-refractivity contribution >= 4 is 11.0 Å². The Kier molecular flexibility index (Phi) is 5.27. The Labute approximate surface area is 137 Å². The highest BCUT2D eigenvalue weighted by atomic mass is 16.5. The van der Waals surface area contributed by atoms with E-state index in [2.05, 4.69) is 45.2 Å². The average Bonchev–Trinajstić information content (AvgIpc) is 3.02. The van der Waals surface area contributed by atoms with Crippen molar-refractivity contribution in [1.82, 2.24) is 14.9 Å². The Hall–Kier alpha value is -2.33. The number of aryl methyl sites for hydroxylation is 1. The number of para-hydroxylation sites is 2. The molecule has 0 radical (unpaired) electrons. The Bertz CT molecular complexity index is 734. The lowest BCUT2D eigenvalue weighted by molar-refractivity contribution is 0.414. The minimum atomic E-state index is 0.911. The summed E-state index contributed by atoms with van der Waals surface area (Å²) in [4.78, 5) is 4.42. The van der Waals surface area contributed by atoms with Gasteiger partial charge in [-0.3, -0.25) is 0 Å². The Morgan fingerprint density at radius 3 is 2.70 bits per heavy atom. The van der Waals surface area contributed by atoms with Crippen molar-refractivity contribution in [3.05, 3.63) is 60.4 Å². The summed E-state index contributed by atoms with van der Waals surface area (Å²) in [7, 11) is 1.69. The molecule has 2 aromatic carbocycles. The van der Waals surface area contributed by atoms with Crippen LogP contribution in [0.5, 0.6) is 5.75 Å². The van der Waals surface area contributed by atoms with Crippen molar-refractivity contribution in [2.45, 2.75) is 19.4 Å². The van der Waals surface area contributed by atoms with Gasteiger partial charge >= 0.3 is 0 Å². The van der Waals surface area contributed by atoms with E-state index >= 15 is 0 Å². The molecule has 0 atom stereocenters. The first-order valence-electron chi connectivity index (χ1n) is 8.10. The molecule has 4 nitrogen and oxygen atoms in total. The highest BCUT2D eigenvalue weighted by Gasteiger charge is 2.00. The third-order valence-electron chi connectivity index (χ3n) is 4.03. The zero-order chi connectivity index (χ0) is 15.9. The van der Waals surface area contributed by atoms with Crippen molar-refractivity contribution in [3.8, 4) is 5.75 Å². The van der Waals surface area contributed by atoms with Crippen LogP contribution in [0.2, 0.25) is 0 Å². The maximum absolute atomic E-state index is 5.17. The van der Waals surface area contributed by atoms with Crippen LogP contribution in [-0.4, -0.2) is 29.8 Å². The molecule has 0 saturated heterocycles. The predicted octanol–water partition coefficient (Wildman–Crippen LogP) is 3.27. The summed E-state index contributed by atoms with van der Waals surface area (Å²) in [5.74, 6) is 0.911. The van der Waals surface area contributed by atoms with Crippen molar-refractivity contribution < 1.29 is 4.74 Å². The van der Waals surface area contributed by atoms with Gasteiger partial charge in [0.05, 0.1) is 24.5 Å². The molecule has 0 aliphatic heterocycles. The Morgan fingerprint density at radius 2 is 1.87 bits per heavy atom. The molecule has 1 N–H and O–H groups in total. The topological polar surface area (TPSA) is 39.1 Å². The fourth-order valence-corrected chi connectivity index (χ4v) is 2.71. The smallest absolute Gasteiger partial charge is 0.118 e. The van der Waals surface area contributed by atoms with E-state index in [0.29, 0.717) is 0 Å². The fraction of sp³-hybridized carbons (Fsp3) is 0.316. The summed E-state index contributed by atoms with van der Waals surface area (Å²) in [6.07, 6.45) is 4.07. The minimum absolute atomic E-state index is 0.911. The van der Waals surface area contributed by atoms with E-state index in [0.717, 1.165) is 43.7 Å². The number of imidazole rings is 1. The lowest BCUT2D eigenvalue weighted by Gasteiger charge is -2.07. The van der Waals surface area contributed by atoms with Gasteiger partial charge in [-0.15, -0.1) is 0 Å². The molecule has 0 fully saturated rings. The maximum Gasteiger partial charge on any atom is 0.118 e. The van der Waals surface area contributed by atoms with Gasteiger partial charge in [0.2, 0.25) is 0 Å². The second-order valence-electron chi connectivity index (χ2n) is 5.63. The molecule has 0 unspecified atom stereocenters. The van der Waals surface area contributed by atoms with Gasteiger partial charge in [-0.1, -0.05) is 24.3 Å². The van der Waals surface area contributed by atoms with Gasteiger partial charge < -0.3 is 14.6 Å². The highest BCUT2D eigenvalue weighted by Crippen LogP contribution is 2.12. The van der Waals surface area contributed by atoms with Gasteiger partial charge in [0.15, 0.2) is 0 Å². The van der Waals surface area contributed by atoms with E-state index in [1.807, 2.05) is 24.5 Å². The minimum Gasteiger partial charge on any atom is -0.497 e. The van der Waals surface area contributed by atoms with Gasteiger partial charge in [-0.2, -0.15) is 0 Å². The lowest BCUT2D eigenvalue weighted by Crippen LogP contribution is -2.19. The number of fused-ring (bicyclic) bond motifs is 1. The Morgan fingerprint density at radius 1 is 1.04 bits per heavy atom. The Balaban J connectivity index is 1.37. The fourth-order valence-electron chi connectivity index (χ4n) is 2.71. The molecular weight excluding hydrogens is 286 g/mol. The van der Waals surface area contributed by atoms with Gasteiger partial charge in [0, 0.05) is 6.54 Å². The zero-order valence-electron chi connectivity index (χ0n) is 13.5. The first-order chi connectivity index (χ1) is 11.4. The SMILES string of the molecule is COc1ccc(CCNCCCn2cnc3ccccc32)cc1. The highest BCUT2D eigenvalue weighted by molar-refractivity contribution is 5.74. The summed E-state index contributed by atoms with van der Waals surface area (Å²) in [5, 5.41) is 3.51. The summed E-state index contributed by atoms with van der Waals surface area (Å²) < 4.78 is 7.39. The largest absolute Gasteiger partial charge is 0.497 e. The van der Waals surface area contributed by atoms with Crippen LogP contribution >= 0.6 is 0 Å². The first kappa shape index (κ1) is 15.6. The van der Waals surface area contributed by atoms with Crippen molar-refractivity contribution in [2.75, 3.05) is 20.2 Å². The number of methoxy groups -OCH3 is 1. The normalized spacial score (nSPS) is 11.0. The number of aromatic nitrogens is 2. The van der Waals surface area contributed by atoms with Gasteiger partial charge in [-0.05, 0) is 55.8 Å². The number of hydrogen-bond donors (Lipinski definition) is 1. The molecule has 1 aromatic heterocycles. The summed E-state index contributed by atoms with van der Waals surface area (Å²) in [6, 6.07) is 16.5. The first-order valence-corrected chi connectivity index (χ1v) is 8.10. The van der Waals surface area contributed by atoms with Crippen LogP contribution in [0.3, 0.4) is 0 Å². The molecule has 4 heteroatoms. The van der Waals surface area contributed by atoms with Crippen LogP contribution < -0.4 is 10.1 Å². The van der Waals surface area contributed by atoms with E-state index in [1.54, 1.807) is 7.11 Å². The van der Waals surface area contributed by atoms with Crippen LogP contribution in [-0.2, 0) is 13.0 Å². The van der Waals surface area contributed by atoms with E-state index in [9.17, 15) is 0 Å². The van der Waals surface area contributed by atoms with Crippen LogP contribution in [0.15, 0.2) is 54.9 Å². The molecule has 0 spiro atoms. The number of nitrogens with one attached hydrogen (secondary N) is 1. The summed E-state index contributed by atoms with van der Waals surface area (Å²) in [5.41, 5.74) is 3.62. The van der Waals surface area contributed by atoms with Crippen LogP contribution in [0.25, 0.3) is 11.0 Å². The van der Waals surface area contributed by atoms with Crippen LogP contribution in [0.4, 0.5) is 0 Å². The number of ether oxygens (including phenoxy) is 1. The monoisotopic (exact) mass is 309 g/mol. The van der Waals surface area contributed by atoms with E-state index in [-0.39, 0.29) is 0 Å². The molecule has 23 heavy (non-hydrogen) atoms. The zero-order valence-corrected chi connectivity index (χ0v) is 13.5. The lowest BCUT2D eigenvalue weighted by atomic mass is 10.1. The second kappa shape index (κ2) is 7.79. The average molecular weight is 309 g/mol. The molecule has 0 aliphatic rings. The van der Waals surface area contributed by atoms with Crippen molar-refractivity contribution in [2.24, 2.45) is 0 Å². The number of benzene rings is 2. The van der Waals surface area contributed by atoms with Gasteiger partial charge in [0.25, 0.3) is 0 Å². The number of nitrogens with zero attached hydrogens (tertiary/aromatic N) is 2. The van der Waals surface area contributed by atoms with Crippen molar-refractivity contribution in [3.63, 3.8) is 0 Å². The third-order valence-corrected chi connectivity index (χ3v) is 4.03. The molecule has 120 valence electrons. The van der Waals surface area contributed by atoms with Crippen LogP contribution in [0, 0.1) is 0 Å². The van der Waals surface area contributed by atoms with Gasteiger partial charge in [0.1, 0.15) is 5.75 Å². The number of hydrogen-bond acceptors (Lipinski definition) is 3. The van der Waals surface area contributed by atoms with E-state index in [4.69, 9.17) is 4.74 Å². The van der Waals surface area contributed by atoms with Crippen molar-refractivity contribution in [1.29, 1.82) is 0 Å². The second-order valence-corrected chi connectivity index (χ2v) is 5.63.